The van der Waals surface area contributed by atoms with Crippen LogP contribution in [0.2, 0.25) is 0 Å². The third-order valence-corrected chi connectivity index (χ3v) is 4.47. The molecule has 1 aliphatic rings. The highest BCUT2D eigenvalue weighted by Crippen LogP contribution is 2.26. The number of nitrogens with zero attached hydrogens (tertiary/aromatic N) is 1. The molecule has 0 fully saturated rings. The molecule has 1 heterocycles. The Bertz CT molecular complexity index is 875. The number of hydrogen-bond donors (Lipinski definition) is 2. The predicted molar refractivity (Wildman–Crippen MR) is 105 cm³/mol. The van der Waals surface area contributed by atoms with E-state index in [1.807, 2.05) is 6.92 Å². The Morgan fingerprint density at radius 2 is 1.71 bits per heavy atom. The molecule has 28 heavy (non-hydrogen) atoms. The number of imide groups is 1. The highest BCUT2D eigenvalue weighted by atomic mass is 16.5. The SMILES string of the molecule is CCOc1ccc(CN2C(=O)c3ccccc3C2=O)cc1C(=O)NCCNC. The second-order valence-corrected chi connectivity index (χ2v) is 6.37. The van der Waals surface area contributed by atoms with E-state index in [2.05, 4.69) is 10.6 Å². The Morgan fingerprint density at radius 1 is 1.04 bits per heavy atom. The van der Waals surface area contributed by atoms with Crippen molar-refractivity contribution in [3.63, 3.8) is 0 Å². The molecular formula is C21H23N3O4. The standard InChI is InChI=1S/C21H23N3O4/c1-3-28-18-9-8-14(12-17(18)19(25)23-11-10-22-2)13-24-20(26)15-6-4-5-7-16(15)21(24)27/h4-9,12,22H,3,10-11,13H2,1-2H3,(H,23,25). The first kappa shape index (κ1) is 19.6. The second-order valence-electron chi connectivity index (χ2n) is 6.37. The van der Waals surface area contributed by atoms with Crippen LogP contribution in [-0.2, 0) is 6.54 Å². The summed E-state index contributed by atoms with van der Waals surface area (Å²) in [5, 5.41) is 5.79. The average molecular weight is 381 g/mol. The van der Waals surface area contributed by atoms with Crippen LogP contribution < -0.4 is 15.4 Å². The van der Waals surface area contributed by atoms with Gasteiger partial charge < -0.3 is 15.4 Å². The predicted octanol–water partition coefficient (Wildman–Crippen LogP) is 1.83. The molecule has 0 unspecified atom stereocenters. The first-order valence-corrected chi connectivity index (χ1v) is 9.20. The van der Waals surface area contributed by atoms with E-state index < -0.39 is 0 Å². The first-order chi connectivity index (χ1) is 13.6. The molecular weight excluding hydrogens is 358 g/mol. The van der Waals surface area contributed by atoms with Crippen LogP contribution >= 0.6 is 0 Å². The van der Waals surface area contributed by atoms with Crippen LogP contribution in [0.25, 0.3) is 0 Å². The lowest BCUT2D eigenvalue weighted by Gasteiger charge is -2.16. The van der Waals surface area contributed by atoms with E-state index in [9.17, 15) is 14.4 Å². The molecule has 2 aromatic rings. The number of rotatable bonds is 8. The van der Waals surface area contributed by atoms with Gasteiger partial charge in [-0.15, -0.1) is 0 Å². The van der Waals surface area contributed by atoms with Crippen LogP contribution in [-0.4, -0.2) is 49.4 Å². The number of fused-ring (bicyclic) bond motifs is 1. The minimum atomic E-state index is -0.325. The number of ether oxygens (including phenoxy) is 1. The fourth-order valence-corrected chi connectivity index (χ4v) is 3.10. The lowest BCUT2D eigenvalue weighted by molar-refractivity contribution is 0.0642. The molecule has 1 aliphatic heterocycles. The average Bonchev–Trinajstić information content (AvgIpc) is 2.94. The van der Waals surface area contributed by atoms with Crippen molar-refractivity contribution in [2.24, 2.45) is 0 Å². The number of likely N-dealkylation sites (N-methyl/N-ethyl adjacent to an activating group) is 1. The van der Waals surface area contributed by atoms with Gasteiger partial charge in [-0.1, -0.05) is 18.2 Å². The topological polar surface area (TPSA) is 87.7 Å². The number of benzene rings is 2. The quantitative estimate of drug-likeness (QED) is 0.538. The van der Waals surface area contributed by atoms with E-state index in [4.69, 9.17) is 4.74 Å². The van der Waals surface area contributed by atoms with Gasteiger partial charge in [0, 0.05) is 13.1 Å². The molecule has 7 heteroatoms. The highest BCUT2D eigenvalue weighted by Gasteiger charge is 2.35. The van der Waals surface area contributed by atoms with Gasteiger partial charge in [-0.25, -0.2) is 0 Å². The van der Waals surface area contributed by atoms with Gasteiger partial charge in [-0.3, -0.25) is 19.3 Å². The molecule has 0 bridgehead atoms. The molecule has 0 atom stereocenters. The summed E-state index contributed by atoms with van der Waals surface area (Å²) < 4.78 is 5.56. The number of hydrogen-bond acceptors (Lipinski definition) is 5. The Morgan fingerprint density at radius 3 is 2.32 bits per heavy atom. The molecule has 0 aromatic heterocycles. The normalized spacial score (nSPS) is 12.9. The van der Waals surface area contributed by atoms with Crippen LogP contribution in [0, 0.1) is 0 Å². The maximum Gasteiger partial charge on any atom is 0.261 e. The van der Waals surface area contributed by atoms with Gasteiger partial charge in [0.05, 0.1) is 29.8 Å². The zero-order chi connectivity index (χ0) is 20.1. The highest BCUT2D eigenvalue weighted by molar-refractivity contribution is 6.21. The minimum absolute atomic E-state index is 0.0928. The van der Waals surface area contributed by atoms with E-state index in [0.29, 0.717) is 47.7 Å². The molecule has 0 saturated heterocycles. The molecule has 2 aromatic carbocycles. The van der Waals surface area contributed by atoms with Crippen LogP contribution in [0.4, 0.5) is 0 Å². The van der Waals surface area contributed by atoms with E-state index in [0.717, 1.165) is 0 Å². The monoisotopic (exact) mass is 381 g/mol. The molecule has 0 spiro atoms. The molecule has 0 radical (unpaired) electrons. The van der Waals surface area contributed by atoms with Gasteiger partial charge in [0.25, 0.3) is 17.7 Å². The Balaban J connectivity index is 1.83. The summed E-state index contributed by atoms with van der Waals surface area (Å²) in [6.45, 7) is 3.48. The number of nitrogens with one attached hydrogen (secondary N) is 2. The van der Waals surface area contributed by atoms with Crippen molar-refractivity contribution in [3.8, 4) is 5.75 Å². The molecule has 2 N–H and O–H groups in total. The molecule has 0 aliphatic carbocycles. The Hall–Kier alpha value is -3.19. The molecule has 0 saturated carbocycles. The van der Waals surface area contributed by atoms with E-state index in [-0.39, 0.29) is 24.3 Å². The van der Waals surface area contributed by atoms with Gasteiger partial charge in [-0.2, -0.15) is 0 Å². The maximum absolute atomic E-state index is 12.6. The van der Waals surface area contributed by atoms with Crippen molar-refractivity contribution in [3.05, 3.63) is 64.7 Å². The fourth-order valence-electron chi connectivity index (χ4n) is 3.10. The third kappa shape index (κ3) is 3.89. The van der Waals surface area contributed by atoms with Crippen LogP contribution in [0.15, 0.2) is 42.5 Å². The number of amides is 3. The largest absolute Gasteiger partial charge is 0.493 e. The van der Waals surface area contributed by atoms with Crippen molar-refractivity contribution in [2.75, 3.05) is 26.7 Å². The Labute approximate surface area is 163 Å². The zero-order valence-corrected chi connectivity index (χ0v) is 16.0. The first-order valence-electron chi connectivity index (χ1n) is 9.20. The van der Waals surface area contributed by atoms with Crippen molar-refractivity contribution >= 4 is 17.7 Å². The zero-order valence-electron chi connectivity index (χ0n) is 16.0. The van der Waals surface area contributed by atoms with Crippen LogP contribution in [0.5, 0.6) is 5.75 Å². The Kier molecular flexibility index (Phi) is 6.06. The van der Waals surface area contributed by atoms with Crippen molar-refractivity contribution in [2.45, 2.75) is 13.5 Å². The molecule has 7 nitrogen and oxygen atoms in total. The van der Waals surface area contributed by atoms with Gasteiger partial charge in [0.1, 0.15) is 5.75 Å². The van der Waals surface area contributed by atoms with Crippen molar-refractivity contribution in [1.29, 1.82) is 0 Å². The summed E-state index contributed by atoms with van der Waals surface area (Å²) in [5.74, 6) is -0.442. The number of carbonyl (C=O) groups excluding carboxylic acids is 3. The summed E-state index contributed by atoms with van der Waals surface area (Å²) in [6.07, 6.45) is 0. The summed E-state index contributed by atoms with van der Waals surface area (Å²) in [6, 6.07) is 11.9. The minimum Gasteiger partial charge on any atom is -0.493 e. The van der Waals surface area contributed by atoms with Gasteiger partial charge in [-0.05, 0) is 43.8 Å². The smallest absolute Gasteiger partial charge is 0.261 e. The van der Waals surface area contributed by atoms with E-state index in [1.54, 1.807) is 49.5 Å². The summed E-state index contributed by atoms with van der Waals surface area (Å²) in [4.78, 5) is 38.9. The van der Waals surface area contributed by atoms with Crippen LogP contribution in [0.3, 0.4) is 0 Å². The van der Waals surface area contributed by atoms with Crippen molar-refractivity contribution < 1.29 is 19.1 Å². The lowest BCUT2D eigenvalue weighted by atomic mass is 10.1. The fraction of sp³-hybridized carbons (Fsp3) is 0.286. The van der Waals surface area contributed by atoms with Gasteiger partial charge in [0.2, 0.25) is 0 Å². The van der Waals surface area contributed by atoms with E-state index >= 15 is 0 Å². The molecule has 3 amide bonds. The van der Waals surface area contributed by atoms with Gasteiger partial charge >= 0.3 is 0 Å². The van der Waals surface area contributed by atoms with Gasteiger partial charge in [0.15, 0.2) is 0 Å². The van der Waals surface area contributed by atoms with Crippen molar-refractivity contribution in [1.82, 2.24) is 15.5 Å². The summed E-state index contributed by atoms with van der Waals surface area (Å²) in [7, 11) is 1.81. The molecule has 146 valence electrons. The third-order valence-electron chi connectivity index (χ3n) is 4.47. The summed E-state index contributed by atoms with van der Waals surface area (Å²) >= 11 is 0. The molecule has 3 rings (SSSR count). The van der Waals surface area contributed by atoms with Crippen LogP contribution in [0.1, 0.15) is 43.6 Å². The van der Waals surface area contributed by atoms with E-state index in [1.165, 1.54) is 4.90 Å². The number of carbonyl (C=O) groups is 3. The second kappa shape index (κ2) is 8.67. The lowest BCUT2D eigenvalue weighted by Crippen LogP contribution is -2.31. The maximum atomic E-state index is 12.6. The summed E-state index contributed by atoms with van der Waals surface area (Å²) in [5.41, 5.74) is 1.87.